The van der Waals surface area contributed by atoms with Crippen LogP contribution in [0.4, 0.5) is 11.4 Å². The van der Waals surface area contributed by atoms with E-state index in [0.717, 1.165) is 56.5 Å². The highest BCUT2D eigenvalue weighted by atomic mass is 16.5. The maximum Gasteiger partial charge on any atom is 0.253 e. The molecule has 0 spiro atoms. The largest absolute Gasteiger partial charge is 0.497 e. The molecule has 2 aliphatic rings. The van der Waals surface area contributed by atoms with Gasteiger partial charge in [0.2, 0.25) is 0 Å². The van der Waals surface area contributed by atoms with Gasteiger partial charge in [0.1, 0.15) is 5.75 Å². The second-order valence-electron chi connectivity index (χ2n) is 8.19. The average molecular weight is 394 g/mol. The van der Waals surface area contributed by atoms with Gasteiger partial charge in [0.15, 0.2) is 0 Å². The Kier molecular flexibility index (Phi) is 5.93. The van der Waals surface area contributed by atoms with E-state index in [1.807, 2.05) is 29.2 Å². The van der Waals surface area contributed by atoms with Crippen molar-refractivity contribution in [2.75, 3.05) is 56.2 Å². The number of piperidine rings is 1. The molecule has 0 aromatic heterocycles. The van der Waals surface area contributed by atoms with Crippen LogP contribution in [0, 0.1) is 5.92 Å². The summed E-state index contributed by atoms with van der Waals surface area (Å²) in [5.74, 6) is 1.72. The summed E-state index contributed by atoms with van der Waals surface area (Å²) in [4.78, 5) is 19.6. The third-order valence-electron chi connectivity index (χ3n) is 6.27. The molecule has 5 heteroatoms. The summed E-state index contributed by atoms with van der Waals surface area (Å²) in [5.41, 5.74) is 3.30. The molecular formula is C24H31N3O2. The maximum atomic E-state index is 12.7. The highest BCUT2D eigenvalue weighted by molar-refractivity contribution is 5.94. The van der Waals surface area contributed by atoms with Gasteiger partial charge < -0.3 is 19.4 Å². The Bertz CT molecular complexity index is 803. The zero-order chi connectivity index (χ0) is 20.2. The van der Waals surface area contributed by atoms with E-state index in [9.17, 15) is 4.79 Å². The third-order valence-corrected chi connectivity index (χ3v) is 6.27. The molecule has 2 fully saturated rings. The van der Waals surface area contributed by atoms with Crippen molar-refractivity contribution in [2.45, 2.75) is 19.8 Å². The van der Waals surface area contributed by atoms with Crippen LogP contribution in [-0.4, -0.2) is 57.2 Å². The van der Waals surface area contributed by atoms with E-state index in [4.69, 9.17) is 4.74 Å². The highest BCUT2D eigenvalue weighted by Gasteiger charge is 2.23. The van der Waals surface area contributed by atoms with Crippen molar-refractivity contribution in [2.24, 2.45) is 5.92 Å². The number of rotatable bonds is 4. The van der Waals surface area contributed by atoms with E-state index in [2.05, 4.69) is 41.0 Å². The number of hydrogen-bond donors (Lipinski definition) is 0. The summed E-state index contributed by atoms with van der Waals surface area (Å²) in [6.45, 7) is 7.89. The summed E-state index contributed by atoms with van der Waals surface area (Å²) in [7, 11) is 1.63. The predicted molar refractivity (Wildman–Crippen MR) is 118 cm³/mol. The molecule has 0 N–H and O–H groups in total. The zero-order valence-corrected chi connectivity index (χ0v) is 17.5. The van der Waals surface area contributed by atoms with Gasteiger partial charge in [-0.3, -0.25) is 4.79 Å². The van der Waals surface area contributed by atoms with Gasteiger partial charge in [0.25, 0.3) is 5.91 Å². The first-order valence-electron chi connectivity index (χ1n) is 10.7. The predicted octanol–water partition coefficient (Wildman–Crippen LogP) is 3.89. The van der Waals surface area contributed by atoms with E-state index < -0.39 is 0 Å². The lowest BCUT2D eigenvalue weighted by Crippen LogP contribution is -2.48. The fourth-order valence-corrected chi connectivity index (χ4v) is 4.22. The van der Waals surface area contributed by atoms with E-state index >= 15 is 0 Å². The van der Waals surface area contributed by atoms with Gasteiger partial charge in [-0.05, 0) is 67.3 Å². The fourth-order valence-electron chi connectivity index (χ4n) is 4.22. The van der Waals surface area contributed by atoms with Crippen LogP contribution in [0.5, 0.6) is 5.75 Å². The van der Waals surface area contributed by atoms with Crippen molar-refractivity contribution in [3.05, 3.63) is 54.1 Å². The number of carbonyl (C=O) groups excluding carboxylic acids is 1. The lowest BCUT2D eigenvalue weighted by Gasteiger charge is -2.36. The van der Waals surface area contributed by atoms with Crippen LogP contribution in [0.3, 0.4) is 0 Å². The Balaban J connectivity index is 1.32. The van der Waals surface area contributed by atoms with Gasteiger partial charge in [-0.25, -0.2) is 0 Å². The van der Waals surface area contributed by atoms with E-state index in [1.54, 1.807) is 7.11 Å². The molecule has 154 valence electrons. The number of nitrogens with zero attached hydrogens (tertiary/aromatic N) is 3. The van der Waals surface area contributed by atoms with Crippen LogP contribution in [0.1, 0.15) is 30.1 Å². The minimum Gasteiger partial charge on any atom is -0.497 e. The second kappa shape index (κ2) is 8.76. The smallest absolute Gasteiger partial charge is 0.253 e. The van der Waals surface area contributed by atoms with Crippen LogP contribution < -0.4 is 14.5 Å². The lowest BCUT2D eigenvalue weighted by molar-refractivity contribution is 0.0747. The number of anilines is 2. The summed E-state index contributed by atoms with van der Waals surface area (Å²) in [6.07, 6.45) is 2.57. The van der Waals surface area contributed by atoms with Crippen molar-refractivity contribution in [1.82, 2.24) is 4.90 Å². The Morgan fingerprint density at radius 2 is 1.31 bits per heavy atom. The van der Waals surface area contributed by atoms with Gasteiger partial charge >= 0.3 is 0 Å². The normalized spacial score (nSPS) is 18.1. The molecule has 2 aromatic carbocycles. The van der Waals surface area contributed by atoms with E-state index in [1.165, 1.54) is 24.2 Å². The first kappa shape index (κ1) is 19.6. The van der Waals surface area contributed by atoms with Gasteiger partial charge in [0, 0.05) is 56.2 Å². The minimum absolute atomic E-state index is 0.0991. The molecule has 0 saturated carbocycles. The zero-order valence-electron chi connectivity index (χ0n) is 17.5. The number of carbonyl (C=O) groups is 1. The van der Waals surface area contributed by atoms with Gasteiger partial charge in [-0.1, -0.05) is 6.92 Å². The molecular weight excluding hydrogens is 362 g/mol. The van der Waals surface area contributed by atoms with Crippen molar-refractivity contribution >= 4 is 17.3 Å². The molecule has 5 nitrogen and oxygen atoms in total. The van der Waals surface area contributed by atoms with E-state index in [-0.39, 0.29) is 5.91 Å². The summed E-state index contributed by atoms with van der Waals surface area (Å²) >= 11 is 0. The number of methoxy groups -OCH3 is 1. The quantitative estimate of drug-likeness (QED) is 0.790. The van der Waals surface area contributed by atoms with Crippen molar-refractivity contribution in [1.29, 1.82) is 0 Å². The Labute approximate surface area is 173 Å². The first-order valence-corrected chi connectivity index (χ1v) is 10.7. The van der Waals surface area contributed by atoms with Crippen LogP contribution in [0.2, 0.25) is 0 Å². The second-order valence-corrected chi connectivity index (χ2v) is 8.19. The van der Waals surface area contributed by atoms with Crippen LogP contribution in [-0.2, 0) is 0 Å². The van der Waals surface area contributed by atoms with Crippen LogP contribution in [0.25, 0.3) is 0 Å². The number of amides is 1. The van der Waals surface area contributed by atoms with Gasteiger partial charge in [-0.2, -0.15) is 0 Å². The molecule has 2 aliphatic heterocycles. The number of hydrogen-bond acceptors (Lipinski definition) is 4. The summed E-state index contributed by atoms with van der Waals surface area (Å²) in [6, 6.07) is 16.3. The van der Waals surface area contributed by atoms with Gasteiger partial charge in [0.05, 0.1) is 7.11 Å². The number of benzene rings is 2. The minimum atomic E-state index is 0.0991. The SMILES string of the molecule is COc1ccc(C(=O)N2CCN(c3ccc(N4CCC(C)CC4)cc3)CC2)cc1. The standard InChI is InChI=1S/C24H31N3O2/c1-19-11-13-25(14-12-19)21-5-7-22(8-6-21)26-15-17-27(18-16-26)24(28)20-3-9-23(29-2)10-4-20/h3-10,19H,11-18H2,1-2H3. The van der Waals surface area contributed by atoms with Gasteiger partial charge in [-0.15, -0.1) is 0 Å². The van der Waals surface area contributed by atoms with Crippen molar-refractivity contribution in [3.63, 3.8) is 0 Å². The molecule has 0 unspecified atom stereocenters. The molecule has 1 amide bonds. The Morgan fingerprint density at radius 3 is 1.83 bits per heavy atom. The van der Waals surface area contributed by atoms with Crippen LogP contribution in [0.15, 0.2) is 48.5 Å². The summed E-state index contributed by atoms with van der Waals surface area (Å²) < 4.78 is 5.17. The fraction of sp³-hybridized carbons (Fsp3) is 0.458. The van der Waals surface area contributed by atoms with E-state index in [0.29, 0.717) is 0 Å². The topological polar surface area (TPSA) is 36.0 Å². The lowest BCUT2D eigenvalue weighted by atomic mass is 9.99. The molecule has 0 radical (unpaired) electrons. The molecule has 0 aliphatic carbocycles. The molecule has 4 rings (SSSR count). The number of ether oxygens (including phenoxy) is 1. The molecule has 2 saturated heterocycles. The average Bonchev–Trinajstić information content (AvgIpc) is 2.79. The van der Waals surface area contributed by atoms with Crippen LogP contribution >= 0.6 is 0 Å². The Hall–Kier alpha value is -2.69. The number of piperazine rings is 1. The van der Waals surface area contributed by atoms with Crippen molar-refractivity contribution < 1.29 is 9.53 Å². The molecule has 29 heavy (non-hydrogen) atoms. The van der Waals surface area contributed by atoms with Crippen molar-refractivity contribution in [3.8, 4) is 5.75 Å². The maximum absolute atomic E-state index is 12.7. The highest BCUT2D eigenvalue weighted by Crippen LogP contribution is 2.26. The molecule has 2 heterocycles. The third kappa shape index (κ3) is 4.50. The summed E-state index contributed by atoms with van der Waals surface area (Å²) in [5, 5.41) is 0. The molecule has 2 aromatic rings. The monoisotopic (exact) mass is 393 g/mol. The molecule has 0 atom stereocenters. The molecule has 0 bridgehead atoms. The first-order chi connectivity index (χ1) is 14.1. The Morgan fingerprint density at radius 1 is 0.793 bits per heavy atom.